The van der Waals surface area contributed by atoms with Gasteiger partial charge < -0.3 is 9.84 Å². The number of nitrogens with one attached hydrogen (secondary N) is 1. The van der Waals surface area contributed by atoms with Crippen LogP contribution in [0.4, 0.5) is 23.7 Å². The zero-order valence-electron chi connectivity index (χ0n) is 14.9. The molecule has 0 saturated heterocycles. The van der Waals surface area contributed by atoms with Crippen LogP contribution in [0.1, 0.15) is 24.6 Å². The van der Waals surface area contributed by atoms with Gasteiger partial charge in [0.2, 0.25) is 11.7 Å². The number of aromatic nitrogens is 3. The molecule has 0 bridgehead atoms. The molecule has 10 heteroatoms. The lowest BCUT2D eigenvalue weighted by atomic mass is 10.2. The summed E-state index contributed by atoms with van der Waals surface area (Å²) in [5, 5.41) is 6.39. The van der Waals surface area contributed by atoms with E-state index in [-0.39, 0.29) is 17.3 Å². The molecule has 0 unspecified atom stereocenters. The summed E-state index contributed by atoms with van der Waals surface area (Å²) < 4.78 is 43.5. The van der Waals surface area contributed by atoms with E-state index >= 15 is 0 Å². The van der Waals surface area contributed by atoms with E-state index in [0.29, 0.717) is 5.69 Å². The molecule has 28 heavy (non-hydrogen) atoms. The molecule has 1 N–H and O–H groups in total. The van der Waals surface area contributed by atoms with E-state index in [9.17, 15) is 18.0 Å². The fraction of sp³-hybridized carbons (Fsp3) is 0.222. The Balaban J connectivity index is 1.72. The van der Waals surface area contributed by atoms with Crippen molar-refractivity contribution in [3.63, 3.8) is 0 Å². The van der Waals surface area contributed by atoms with Gasteiger partial charge in [0.15, 0.2) is 0 Å². The third-order valence-corrected chi connectivity index (χ3v) is 3.91. The molecule has 2 aromatic heterocycles. The van der Waals surface area contributed by atoms with E-state index in [1.165, 1.54) is 11.0 Å². The van der Waals surface area contributed by atoms with Crippen LogP contribution in [0.3, 0.4) is 0 Å². The Kier molecular flexibility index (Phi) is 5.30. The first-order chi connectivity index (χ1) is 13.3. The van der Waals surface area contributed by atoms with Crippen LogP contribution in [0, 0.1) is 0 Å². The molecule has 1 atom stereocenters. The second-order valence-corrected chi connectivity index (χ2v) is 5.95. The van der Waals surface area contributed by atoms with Crippen molar-refractivity contribution in [2.24, 2.45) is 0 Å². The van der Waals surface area contributed by atoms with Crippen molar-refractivity contribution in [1.29, 1.82) is 0 Å². The minimum Gasteiger partial charge on any atom is -0.337 e. The molecule has 1 aromatic carbocycles. The second kappa shape index (κ2) is 7.67. The molecule has 3 aromatic rings. The minimum atomic E-state index is -4.58. The van der Waals surface area contributed by atoms with Gasteiger partial charge in [0.25, 0.3) is 0 Å². The van der Waals surface area contributed by atoms with Crippen LogP contribution in [0.2, 0.25) is 0 Å². The molecule has 0 saturated carbocycles. The summed E-state index contributed by atoms with van der Waals surface area (Å²) in [7, 11) is 1.60. The van der Waals surface area contributed by atoms with Gasteiger partial charge in [0.05, 0.1) is 0 Å². The van der Waals surface area contributed by atoms with E-state index in [0.717, 1.165) is 12.3 Å². The summed E-state index contributed by atoms with van der Waals surface area (Å²) >= 11 is 0. The highest BCUT2D eigenvalue weighted by Gasteiger charge is 2.33. The number of hydrogen-bond acceptors (Lipinski definition) is 5. The highest BCUT2D eigenvalue weighted by Crippen LogP contribution is 2.30. The van der Waals surface area contributed by atoms with Crippen LogP contribution in [-0.4, -0.2) is 28.2 Å². The quantitative estimate of drug-likeness (QED) is 0.725. The lowest BCUT2D eigenvalue weighted by Crippen LogP contribution is -2.38. The van der Waals surface area contributed by atoms with Crippen molar-refractivity contribution >= 4 is 11.7 Å². The molecule has 3 rings (SSSR count). The smallest absolute Gasteiger partial charge is 0.337 e. The predicted molar refractivity (Wildman–Crippen MR) is 94.3 cm³/mol. The number of nitrogens with zero attached hydrogens (tertiary/aromatic N) is 4. The summed E-state index contributed by atoms with van der Waals surface area (Å²) in [5.74, 6) is 0.0376. The summed E-state index contributed by atoms with van der Waals surface area (Å²) in [4.78, 5) is 21.1. The van der Waals surface area contributed by atoms with E-state index in [1.54, 1.807) is 38.2 Å². The SMILES string of the molecule is C[C@H](NC(=O)N(C)c1ccccc1)c1nc(-c2ccnc(C(F)(F)F)c2)no1. The van der Waals surface area contributed by atoms with Gasteiger partial charge in [0.1, 0.15) is 11.7 Å². The van der Waals surface area contributed by atoms with Gasteiger partial charge in [-0.05, 0) is 31.2 Å². The first kappa shape index (κ1) is 19.3. The third kappa shape index (κ3) is 4.27. The Morgan fingerprint density at radius 3 is 2.61 bits per heavy atom. The molecule has 146 valence electrons. The lowest BCUT2D eigenvalue weighted by Gasteiger charge is -2.19. The summed E-state index contributed by atoms with van der Waals surface area (Å²) in [6.45, 7) is 1.63. The fourth-order valence-electron chi connectivity index (χ4n) is 2.37. The van der Waals surface area contributed by atoms with Crippen LogP contribution in [0.5, 0.6) is 0 Å². The molecule has 2 heterocycles. The number of rotatable bonds is 4. The van der Waals surface area contributed by atoms with Gasteiger partial charge in [-0.1, -0.05) is 23.4 Å². The fourth-order valence-corrected chi connectivity index (χ4v) is 2.37. The number of alkyl halides is 3. The zero-order chi connectivity index (χ0) is 20.3. The average Bonchev–Trinajstić information content (AvgIpc) is 3.18. The number of carbonyl (C=O) groups excluding carboxylic acids is 1. The number of benzene rings is 1. The maximum atomic E-state index is 12.8. The predicted octanol–water partition coefficient (Wildman–Crippen LogP) is 4.06. The Hall–Kier alpha value is -3.43. The van der Waals surface area contributed by atoms with Gasteiger partial charge >= 0.3 is 12.2 Å². The number of para-hydroxylation sites is 1. The van der Waals surface area contributed by atoms with Gasteiger partial charge in [-0.2, -0.15) is 18.2 Å². The molecule has 0 spiro atoms. The Labute approximate surface area is 158 Å². The third-order valence-electron chi connectivity index (χ3n) is 3.91. The Morgan fingerprint density at radius 1 is 1.21 bits per heavy atom. The van der Waals surface area contributed by atoms with E-state index in [2.05, 4.69) is 20.4 Å². The number of urea groups is 1. The summed E-state index contributed by atoms with van der Waals surface area (Å²) in [5.41, 5.74) is -0.255. The number of halogens is 3. The van der Waals surface area contributed by atoms with Gasteiger partial charge in [-0.15, -0.1) is 0 Å². The summed E-state index contributed by atoms with van der Waals surface area (Å²) in [6.07, 6.45) is -3.56. The van der Waals surface area contributed by atoms with Crippen molar-refractivity contribution in [2.75, 3.05) is 11.9 Å². The maximum absolute atomic E-state index is 12.8. The molecule has 0 aliphatic rings. The standard InChI is InChI=1S/C18H16F3N5O2/c1-11(23-17(27)26(2)13-6-4-3-5-7-13)16-24-15(25-28-16)12-8-9-22-14(10-12)18(19,20)21/h3-11H,1-2H3,(H,23,27)/t11-/m0/s1. The molecule has 0 aliphatic heterocycles. The molecule has 2 amide bonds. The maximum Gasteiger partial charge on any atom is 0.433 e. The topological polar surface area (TPSA) is 84.2 Å². The first-order valence-corrected chi connectivity index (χ1v) is 8.22. The van der Waals surface area contributed by atoms with Crippen molar-refractivity contribution < 1.29 is 22.5 Å². The van der Waals surface area contributed by atoms with Crippen molar-refractivity contribution in [3.8, 4) is 11.4 Å². The highest BCUT2D eigenvalue weighted by atomic mass is 19.4. The Morgan fingerprint density at radius 2 is 1.93 bits per heavy atom. The molecule has 0 radical (unpaired) electrons. The molecule has 7 nitrogen and oxygen atoms in total. The van der Waals surface area contributed by atoms with E-state index in [1.807, 2.05) is 6.07 Å². The summed E-state index contributed by atoms with van der Waals surface area (Å²) in [6, 6.07) is 10.1. The van der Waals surface area contributed by atoms with E-state index < -0.39 is 23.9 Å². The van der Waals surface area contributed by atoms with Crippen LogP contribution >= 0.6 is 0 Å². The minimum absolute atomic E-state index is 0.0274. The van der Waals surface area contributed by atoms with Gasteiger partial charge in [-0.25, -0.2) is 4.79 Å². The zero-order valence-corrected chi connectivity index (χ0v) is 14.9. The number of anilines is 1. The monoisotopic (exact) mass is 391 g/mol. The second-order valence-electron chi connectivity index (χ2n) is 5.95. The number of amides is 2. The molecular formula is C18H16F3N5O2. The Bertz CT molecular complexity index is 959. The van der Waals surface area contributed by atoms with Crippen molar-refractivity contribution in [1.82, 2.24) is 20.4 Å². The largest absolute Gasteiger partial charge is 0.433 e. The van der Waals surface area contributed by atoms with E-state index in [4.69, 9.17) is 4.52 Å². The molecule has 0 fully saturated rings. The lowest BCUT2D eigenvalue weighted by molar-refractivity contribution is -0.141. The number of carbonyl (C=O) groups is 1. The molecule has 0 aliphatic carbocycles. The number of pyridine rings is 1. The number of hydrogen-bond donors (Lipinski definition) is 1. The van der Waals surface area contributed by atoms with Crippen LogP contribution in [0.25, 0.3) is 11.4 Å². The first-order valence-electron chi connectivity index (χ1n) is 8.22. The van der Waals surface area contributed by atoms with Crippen LogP contribution in [-0.2, 0) is 6.18 Å². The average molecular weight is 391 g/mol. The van der Waals surface area contributed by atoms with Gasteiger partial charge in [0, 0.05) is 24.5 Å². The van der Waals surface area contributed by atoms with Crippen molar-refractivity contribution in [2.45, 2.75) is 19.1 Å². The highest BCUT2D eigenvalue weighted by molar-refractivity contribution is 5.91. The van der Waals surface area contributed by atoms with Crippen LogP contribution in [0.15, 0.2) is 53.2 Å². The van der Waals surface area contributed by atoms with Crippen LogP contribution < -0.4 is 10.2 Å². The van der Waals surface area contributed by atoms with Gasteiger partial charge in [-0.3, -0.25) is 9.88 Å². The normalized spacial score (nSPS) is 12.5. The molecular weight excluding hydrogens is 375 g/mol. The van der Waals surface area contributed by atoms with Crippen molar-refractivity contribution in [3.05, 3.63) is 60.2 Å².